The van der Waals surface area contributed by atoms with Crippen molar-refractivity contribution in [2.75, 3.05) is 13.7 Å². The normalized spacial score (nSPS) is 14.8. The summed E-state index contributed by atoms with van der Waals surface area (Å²) in [6.07, 6.45) is 1.53. The van der Waals surface area contributed by atoms with E-state index < -0.39 is 18.0 Å². The van der Waals surface area contributed by atoms with Gasteiger partial charge in [0.15, 0.2) is 16.3 Å². The van der Waals surface area contributed by atoms with E-state index in [0.29, 0.717) is 49.2 Å². The van der Waals surface area contributed by atoms with Gasteiger partial charge in [-0.3, -0.25) is 9.36 Å². The molecule has 0 saturated carbocycles. The van der Waals surface area contributed by atoms with Gasteiger partial charge in [-0.25, -0.2) is 14.6 Å². The molecule has 3 heterocycles. The molecule has 228 valence electrons. The molecule has 0 unspecified atom stereocenters. The zero-order chi connectivity index (χ0) is 31.7. The Morgan fingerprint density at radius 2 is 1.89 bits per heavy atom. The number of hydrogen-bond acceptors (Lipinski definition) is 9. The third-order valence-corrected chi connectivity index (χ3v) is 8.02. The Kier molecular flexibility index (Phi) is 8.59. The maximum Gasteiger partial charge on any atom is 0.338 e. The van der Waals surface area contributed by atoms with Crippen LogP contribution < -0.4 is 24.4 Å². The lowest BCUT2D eigenvalue weighted by Gasteiger charge is -2.25. The number of fused-ring (bicyclic) bond motifs is 1. The number of aryl methyl sites for hydroxylation is 1. The summed E-state index contributed by atoms with van der Waals surface area (Å²) >= 11 is 1.17. The Hall–Kier alpha value is -4.90. The molecular weight excluding hydrogens is 584 g/mol. The Morgan fingerprint density at radius 1 is 1.11 bits per heavy atom. The summed E-state index contributed by atoms with van der Waals surface area (Å²) in [6, 6.07) is 12.7. The van der Waals surface area contributed by atoms with Gasteiger partial charge in [0, 0.05) is 11.6 Å². The highest BCUT2D eigenvalue weighted by molar-refractivity contribution is 7.07. The van der Waals surface area contributed by atoms with E-state index in [2.05, 4.69) is 4.99 Å². The first kappa shape index (κ1) is 30.6. The summed E-state index contributed by atoms with van der Waals surface area (Å²) in [4.78, 5) is 43.8. The van der Waals surface area contributed by atoms with Crippen molar-refractivity contribution in [3.05, 3.63) is 102 Å². The fraction of sp³-hybridized carbons (Fsp3) is 0.273. The van der Waals surface area contributed by atoms with E-state index in [9.17, 15) is 19.5 Å². The molecule has 0 bridgehead atoms. The summed E-state index contributed by atoms with van der Waals surface area (Å²) in [5.74, 6) is 0.269. The molecule has 1 N–H and O–H groups in total. The largest absolute Gasteiger partial charge is 0.493 e. The molecule has 44 heavy (non-hydrogen) atoms. The van der Waals surface area contributed by atoms with Crippen molar-refractivity contribution < 1.29 is 33.3 Å². The third kappa shape index (κ3) is 5.83. The number of hydrogen-bond donors (Lipinski definition) is 1. The molecule has 0 amide bonds. The van der Waals surface area contributed by atoms with Crippen LogP contribution in [-0.4, -0.2) is 41.4 Å². The Labute approximate surface area is 257 Å². The zero-order valence-electron chi connectivity index (χ0n) is 25.2. The average Bonchev–Trinajstić information content (AvgIpc) is 3.56. The van der Waals surface area contributed by atoms with Gasteiger partial charge in [-0.05, 0) is 82.1 Å². The number of carbonyl (C=O) groups is 2. The van der Waals surface area contributed by atoms with Gasteiger partial charge < -0.3 is 23.7 Å². The molecule has 4 aromatic rings. The second-order valence-electron chi connectivity index (χ2n) is 10.4. The summed E-state index contributed by atoms with van der Waals surface area (Å²) in [5.41, 5.74) is 2.58. The number of aromatic nitrogens is 1. The maximum absolute atomic E-state index is 14.0. The smallest absolute Gasteiger partial charge is 0.338 e. The van der Waals surface area contributed by atoms with Crippen LogP contribution in [-0.2, 0) is 9.53 Å². The van der Waals surface area contributed by atoms with E-state index in [1.54, 1.807) is 62.4 Å². The van der Waals surface area contributed by atoms with E-state index in [1.807, 2.05) is 20.8 Å². The number of carbonyl (C=O) groups excluding carboxylic acids is 1. The first-order valence-corrected chi connectivity index (χ1v) is 14.8. The number of carboxylic acid groups (broad SMARTS) is 1. The lowest BCUT2D eigenvalue weighted by Crippen LogP contribution is -2.40. The third-order valence-electron chi connectivity index (χ3n) is 7.03. The molecular formula is C33H32N2O8S. The highest BCUT2D eigenvalue weighted by Gasteiger charge is 2.34. The molecule has 11 heteroatoms. The van der Waals surface area contributed by atoms with Crippen LogP contribution >= 0.6 is 11.3 Å². The number of rotatable bonds is 9. The van der Waals surface area contributed by atoms with Crippen LogP contribution in [0, 0.1) is 6.92 Å². The van der Waals surface area contributed by atoms with Crippen molar-refractivity contribution in [3.8, 4) is 22.8 Å². The van der Waals surface area contributed by atoms with Crippen LogP contribution in [0.2, 0.25) is 0 Å². The number of nitrogens with zero attached hydrogens (tertiary/aromatic N) is 2. The molecule has 1 atom stereocenters. The van der Waals surface area contributed by atoms with Crippen LogP contribution in [0.25, 0.3) is 17.4 Å². The topological polar surface area (TPSA) is 130 Å². The van der Waals surface area contributed by atoms with E-state index in [0.717, 1.165) is 5.56 Å². The molecule has 10 nitrogen and oxygen atoms in total. The maximum atomic E-state index is 14.0. The van der Waals surface area contributed by atoms with Crippen LogP contribution in [0.1, 0.15) is 61.0 Å². The van der Waals surface area contributed by atoms with Crippen molar-refractivity contribution in [1.82, 2.24) is 4.57 Å². The van der Waals surface area contributed by atoms with Crippen LogP contribution in [0.15, 0.2) is 74.0 Å². The molecule has 5 rings (SSSR count). The van der Waals surface area contributed by atoms with Crippen molar-refractivity contribution in [2.24, 2.45) is 4.99 Å². The van der Waals surface area contributed by atoms with Gasteiger partial charge >= 0.3 is 11.9 Å². The average molecular weight is 617 g/mol. The highest BCUT2D eigenvalue weighted by atomic mass is 32.1. The van der Waals surface area contributed by atoms with Crippen molar-refractivity contribution in [3.63, 3.8) is 0 Å². The Morgan fingerprint density at radius 3 is 2.57 bits per heavy atom. The SMILES string of the molecule is CCOC(=O)C1=C(C)N=c2s/c(=C\c3ccc(-c4cc(C(=O)O)ccc4C)o3)c(=O)n2[C@H]1c1ccc(OC(C)C)c(OC)c1. The summed E-state index contributed by atoms with van der Waals surface area (Å²) in [7, 11) is 1.53. The standard InChI is InChI=1S/C33H32N2O8S/c1-7-41-32(39)28-19(5)34-33-35(29(28)20-10-12-25(42-17(2)3)26(15-20)40-6)30(36)27(44-33)16-22-11-13-24(43-22)23-14-21(31(37)38)9-8-18(23)4/h8-17,29H,7H2,1-6H3,(H,37,38)/b27-16-/t29-/m0/s1. The summed E-state index contributed by atoms with van der Waals surface area (Å²) in [6.45, 7) is 9.28. The van der Waals surface area contributed by atoms with Gasteiger partial charge in [0.2, 0.25) is 0 Å². The van der Waals surface area contributed by atoms with Crippen LogP contribution in [0.3, 0.4) is 0 Å². The number of allylic oxidation sites excluding steroid dienone is 1. The van der Waals surface area contributed by atoms with Gasteiger partial charge in [0.25, 0.3) is 5.56 Å². The van der Waals surface area contributed by atoms with E-state index in [1.165, 1.54) is 29.1 Å². The second kappa shape index (κ2) is 12.4. The monoisotopic (exact) mass is 616 g/mol. The number of ether oxygens (including phenoxy) is 3. The van der Waals surface area contributed by atoms with E-state index >= 15 is 0 Å². The van der Waals surface area contributed by atoms with Crippen molar-refractivity contribution in [1.29, 1.82) is 0 Å². The minimum Gasteiger partial charge on any atom is -0.493 e. The molecule has 1 aliphatic rings. The van der Waals surface area contributed by atoms with Crippen molar-refractivity contribution in [2.45, 2.75) is 46.8 Å². The number of aromatic carboxylic acids is 1. The molecule has 0 saturated heterocycles. The number of thiazole rings is 1. The minimum absolute atomic E-state index is 0.0863. The second-order valence-corrected chi connectivity index (χ2v) is 11.4. The van der Waals surface area contributed by atoms with Gasteiger partial charge in [-0.1, -0.05) is 23.5 Å². The van der Waals surface area contributed by atoms with E-state index in [4.69, 9.17) is 18.6 Å². The highest BCUT2D eigenvalue weighted by Crippen LogP contribution is 2.36. The molecule has 0 spiro atoms. The molecule has 1 aliphatic heterocycles. The number of carboxylic acids is 1. The number of esters is 1. The molecule has 2 aromatic carbocycles. The lowest BCUT2D eigenvalue weighted by molar-refractivity contribution is -0.139. The van der Waals surface area contributed by atoms with Crippen LogP contribution in [0.5, 0.6) is 11.5 Å². The molecule has 0 aliphatic carbocycles. The zero-order valence-corrected chi connectivity index (χ0v) is 26.0. The first-order chi connectivity index (χ1) is 21.0. The van der Waals surface area contributed by atoms with Gasteiger partial charge in [0.05, 0.1) is 47.2 Å². The van der Waals surface area contributed by atoms with Gasteiger partial charge in [0.1, 0.15) is 11.5 Å². The van der Waals surface area contributed by atoms with Crippen molar-refractivity contribution >= 4 is 29.4 Å². The fourth-order valence-electron chi connectivity index (χ4n) is 5.04. The molecule has 0 fully saturated rings. The lowest BCUT2D eigenvalue weighted by atomic mass is 9.95. The number of benzene rings is 2. The first-order valence-electron chi connectivity index (χ1n) is 14.0. The minimum atomic E-state index is -1.04. The van der Waals surface area contributed by atoms with Crippen LogP contribution in [0.4, 0.5) is 0 Å². The molecule has 0 radical (unpaired) electrons. The van der Waals surface area contributed by atoms with Gasteiger partial charge in [-0.2, -0.15) is 0 Å². The predicted molar refractivity (Wildman–Crippen MR) is 165 cm³/mol. The molecule has 2 aromatic heterocycles. The number of furan rings is 1. The van der Waals surface area contributed by atoms with E-state index in [-0.39, 0.29) is 29.4 Å². The fourth-order valence-corrected chi connectivity index (χ4v) is 6.06. The predicted octanol–water partition coefficient (Wildman–Crippen LogP) is 4.86. The Balaban J connectivity index is 1.64. The number of methoxy groups -OCH3 is 1. The summed E-state index contributed by atoms with van der Waals surface area (Å²) < 4.78 is 24.7. The summed E-state index contributed by atoms with van der Waals surface area (Å²) in [5, 5.41) is 9.41. The van der Waals surface area contributed by atoms with Gasteiger partial charge in [-0.15, -0.1) is 0 Å². The Bertz CT molecular complexity index is 1980. The quantitative estimate of drug-likeness (QED) is 0.264.